The summed E-state index contributed by atoms with van der Waals surface area (Å²) in [5, 5.41) is 3.54. The number of nitrogens with zero attached hydrogens (tertiary/aromatic N) is 2. The Morgan fingerprint density at radius 3 is 2.60 bits per heavy atom. The van der Waals surface area contributed by atoms with Gasteiger partial charge >= 0.3 is 0 Å². The highest BCUT2D eigenvalue weighted by Crippen LogP contribution is 2.23. The maximum atomic E-state index is 13.0. The van der Waals surface area contributed by atoms with Crippen molar-refractivity contribution >= 4 is 11.6 Å². The van der Waals surface area contributed by atoms with E-state index >= 15 is 0 Å². The third-order valence-corrected chi connectivity index (χ3v) is 4.78. The Kier molecular flexibility index (Phi) is 5.69. The average Bonchev–Trinajstić information content (AvgIpc) is 3.13. The third-order valence-electron chi connectivity index (χ3n) is 4.78. The lowest BCUT2D eigenvalue weighted by Gasteiger charge is -2.27. The van der Waals surface area contributed by atoms with Crippen molar-refractivity contribution < 1.29 is 4.79 Å². The zero-order chi connectivity index (χ0) is 17.6. The number of carbonyl (C=O) groups is 1. The Bertz CT molecular complexity index is 693. The van der Waals surface area contributed by atoms with Crippen LogP contribution in [0.1, 0.15) is 55.6 Å². The van der Waals surface area contributed by atoms with E-state index in [4.69, 9.17) is 0 Å². The molecule has 0 spiro atoms. The summed E-state index contributed by atoms with van der Waals surface area (Å²) in [6.07, 6.45) is 6.71. The molecule has 1 N–H and O–H groups in total. The highest BCUT2D eigenvalue weighted by molar-refractivity contribution is 5.93. The fraction of sp³-hybridized carbons (Fsp3) is 0.429. The van der Waals surface area contributed by atoms with Gasteiger partial charge in [0.05, 0.1) is 0 Å². The summed E-state index contributed by atoms with van der Waals surface area (Å²) in [6, 6.07) is 14.6. The van der Waals surface area contributed by atoms with Crippen LogP contribution in [-0.4, -0.2) is 27.9 Å². The first-order chi connectivity index (χ1) is 12.1. The van der Waals surface area contributed by atoms with Gasteiger partial charge in [-0.3, -0.25) is 9.78 Å². The van der Waals surface area contributed by atoms with Gasteiger partial charge in [-0.25, -0.2) is 0 Å². The van der Waals surface area contributed by atoms with Gasteiger partial charge in [-0.05, 0) is 44.4 Å². The highest BCUT2D eigenvalue weighted by atomic mass is 16.2. The Morgan fingerprint density at radius 2 is 1.92 bits per heavy atom. The van der Waals surface area contributed by atoms with Gasteiger partial charge in [-0.15, -0.1) is 0 Å². The molecule has 3 rings (SSSR count). The van der Waals surface area contributed by atoms with Crippen LogP contribution >= 0.6 is 0 Å². The van der Waals surface area contributed by atoms with Gasteiger partial charge < -0.3 is 10.2 Å². The minimum atomic E-state index is -0.0195. The molecule has 132 valence electrons. The molecule has 0 bridgehead atoms. The van der Waals surface area contributed by atoms with Crippen molar-refractivity contribution in [3.8, 4) is 0 Å². The Hall–Kier alpha value is -2.36. The summed E-state index contributed by atoms with van der Waals surface area (Å²) >= 11 is 0. The van der Waals surface area contributed by atoms with Crippen LogP contribution in [0.2, 0.25) is 0 Å². The SMILES string of the molecule is CC(C)N(Cc1ccccc1)C(=O)c1cc(NC2CCCC2)ccn1. The molecule has 4 nitrogen and oxygen atoms in total. The first-order valence-electron chi connectivity index (χ1n) is 9.21. The second kappa shape index (κ2) is 8.15. The lowest BCUT2D eigenvalue weighted by Crippen LogP contribution is -2.36. The molecule has 1 aromatic carbocycles. The highest BCUT2D eigenvalue weighted by Gasteiger charge is 2.21. The van der Waals surface area contributed by atoms with Crippen LogP contribution in [0.25, 0.3) is 0 Å². The number of rotatable bonds is 6. The largest absolute Gasteiger partial charge is 0.382 e. The molecule has 0 unspecified atom stereocenters. The lowest BCUT2D eigenvalue weighted by atomic mass is 10.1. The molecule has 1 aliphatic carbocycles. The number of hydrogen-bond donors (Lipinski definition) is 1. The maximum absolute atomic E-state index is 13.0. The molecule has 1 saturated carbocycles. The van der Waals surface area contributed by atoms with Crippen LogP contribution in [0.4, 0.5) is 5.69 Å². The molecular weight excluding hydrogens is 310 g/mol. The number of amides is 1. The van der Waals surface area contributed by atoms with E-state index in [1.807, 2.05) is 61.2 Å². The van der Waals surface area contributed by atoms with Crippen molar-refractivity contribution in [3.05, 3.63) is 59.9 Å². The van der Waals surface area contributed by atoms with Crippen molar-refractivity contribution in [1.29, 1.82) is 0 Å². The minimum Gasteiger partial charge on any atom is -0.382 e. The smallest absolute Gasteiger partial charge is 0.273 e. The summed E-state index contributed by atoms with van der Waals surface area (Å²) < 4.78 is 0. The maximum Gasteiger partial charge on any atom is 0.273 e. The molecule has 4 heteroatoms. The first-order valence-corrected chi connectivity index (χ1v) is 9.21. The molecule has 1 aromatic heterocycles. The fourth-order valence-corrected chi connectivity index (χ4v) is 3.36. The van der Waals surface area contributed by atoms with E-state index in [1.54, 1.807) is 6.20 Å². The Labute approximate surface area is 150 Å². The Morgan fingerprint density at radius 1 is 1.20 bits per heavy atom. The van der Waals surface area contributed by atoms with Crippen LogP contribution in [0, 0.1) is 0 Å². The molecule has 0 radical (unpaired) electrons. The summed E-state index contributed by atoms with van der Waals surface area (Å²) in [5.41, 5.74) is 2.63. The van der Waals surface area contributed by atoms with E-state index < -0.39 is 0 Å². The summed E-state index contributed by atoms with van der Waals surface area (Å²) in [4.78, 5) is 19.2. The Balaban J connectivity index is 1.74. The van der Waals surface area contributed by atoms with E-state index in [0.29, 0.717) is 18.3 Å². The molecule has 1 amide bonds. The van der Waals surface area contributed by atoms with Crippen LogP contribution < -0.4 is 5.32 Å². The zero-order valence-corrected chi connectivity index (χ0v) is 15.1. The number of pyridine rings is 1. The van der Waals surface area contributed by atoms with Crippen molar-refractivity contribution in [3.63, 3.8) is 0 Å². The predicted octanol–water partition coefficient (Wildman–Crippen LogP) is 4.49. The number of nitrogens with one attached hydrogen (secondary N) is 1. The van der Waals surface area contributed by atoms with Crippen LogP contribution in [0.3, 0.4) is 0 Å². The van der Waals surface area contributed by atoms with Gasteiger partial charge in [0, 0.05) is 30.5 Å². The van der Waals surface area contributed by atoms with Gasteiger partial charge in [0.25, 0.3) is 5.91 Å². The molecule has 1 aliphatic rings. The quantitative estimate of drug-likeness (QED) is 0.845. The second-order valence-corrected chi connectivity index (χ2v) is 7.07. The normalized spacial score (nSPS) is 14.7. The first kappa shape index (κ1) is 17.5. The van der Waals surface area contributed by atoms with E-state index in [0.717, 1.165) is 11.3 Å². The molecule has 1 fully saturated rings. The molecule has 0 aliphatic heterocycles. The van der Waals surface area contributed by atoms with E-state index in [9.17, 15) is 4.79 Å². The number of aromatic nitrogens is 1. The van der Waals surface area contributed by atoms with Crippen LogP contribution in [0.5, 0.6) is 0 Å². The van der Waals surface area contributed by atoms with Crippen LogP contribution in [0.15, 0.2) is 48.7 Å². The van der Waals surface area contributed by atoms with Gasteiger partial charge in [0.2, 0.25) is 0 Å². The van der Waals surface area contributed by atoms with Gasteiger partial charge in [-0.2, -0.15) is 0 Å². The predicted molar refractivity (Wildman–Crippen MR) is 102 cm³/mol. The fourth-order valence-electron chi connectivity index (χ4n) is 3.36. The summed E-state index contributed by atoms with van der Waals surface area (Å²) in [6.45, 7) is 4.68. The number of hydrogen-bond acceptors (Lipinski definition) is 3. The van der Waals surface area contributed by atoms with E-state index in [2.05, 4.69) is 10.3 Å². The van der Waals surface area contributed by atoms with Gasteiger partial charge in [-0.1, -0.05) is 43.2 Å². The van der Waals surface area contributed by atoms with E-state index in [-0.39, 0.29) is 11.9 Å². The summed E-state index contributed by atoms with van der Waals surface area (Å²) in [7, 11) is 0. The molecule has 0 atom stereocenters. The van der Waals surface area contributed by atoms with Crippen molar-refractivity contribution in [2.75, 3.05) is 5.32 Å². The average molecular weight is 337 g/mol. The van der Waals surface area contributed by atoms with E-state index in [1.165, 1.54) is 25.7 Å². The van der Waals surface area contributed by atoms with Crippen molar-refractivity contribution in [2.45, 2.75) is 58.2 Å². The van der Waals surface area contributed by atoms with Crippen LogP contribution in [-0.2, 0) is 6.54 Å². The van der Waals surface area contributed by atoms with Crippen molar-refractivity contribution in [1.82, 2.24) is 9.88 Å². The van der Waals surface area contributed by atoms with Gasteiger partial charge in [0.1, 0.15) is 5.69 Å². The molecule has 0 saturated heterocycles. The molecule has 2 aromatic rings. The third kappa shape index (κ3) is 4.59. The number of carbonyl (C=O) groups excluding carboxylic acids is 1. The topological polar surface area (TPSA) is 45.2 Å². The zero-order valence-electron chi connectivity index (χ0n) is 15.1. The molecular formula is C21H27N3O. The minimum absolute atomic E-state index is 0.0195. The van der Waals surface area contributed by atoms with Crippen molar-refractivity contribution in [2.24, 2.45) is 0 Å². The monoisotopic (exact) mass is 337 g/mol. The molecule has 1 heterocycles. The standard InChI is InChI=1S/C21H27N3O/c1-16(2)24(15-17-8-4-3-5-9-17)21(25)20-14-19(12-13-22-20)23-18-10-6-7-11-18/h3-5,8-9,12-14,16,18H,6-7,10-11,15H2,1-2H3,(H,22,23). The summed E-state index contributed by atoms with van der Waals surface area (Å²) in [5.74, 6) is -0.0195. The second-order valence-electron chi connectivity index (χ2n) is 7.07. The number of benzene rings is 1. The number of anilines is 1. The molecule has 25 heavy (non-hydrogen) atoms. The lowest BCUT2D eigenvalue weighted by molar-refractivity contribution is 0.0684. The van der Waals surface area contributed by atoms with Gasteiger partial charge in [0.15, 0.2) is 0 Å².